The maximum atomic E-state index is 13.6. The summed E-state index contributed by atoms with van der Waals surface area (Å²) in [5.41, 5.74) is 1.61. The second kappa shape index (κ2) is 5.36. The number of nitrogens with one attached hydrogen (secondary N) is 2. The highest BCUT2D eigenvalue weighted by atomic mass is 35.5. The second-order valence-corrected chi connectivity index (χ2v) is 4.59. The minimum absolute atomic E-state index is 0.300. The van der Waals surface area contributed by atoms with Crippen molar-refractivity contribution in [3.8, 4) is 0 Å². The van der Waals surface area contributed by atoms with E-state index in [0.717, 1.165) is 0 Å². The largest absolute Gasteiger partial charge is 0.354 e. The molecule has 0 amide bonds. The summed E-state index contributed by atoms with van der Waals surface area (Å²) in [7, 11) is 0. The lowest BCUT2D eigenvalue weighted by Crippen LogP contribution is -1.99. The van der Waals surface area contributed by atoms with Gasteiger partial charge < -0.3 is 10.4 Å². The van der Waals surface area contributed by atoms with E-state index in [1.807, 2.05) is 0 Å². The fourth-order valence-electron chi connectivity index (χ4n) is 1.87. The van der Waals surface area contributed by atoms with Crippen LogP contribution in [-0.2, 0) is 0 Å². The van der Waals surface area contributed by atoms with Crippen molar-refractivity contribution in [2.45, 2.75) is 12.4 Å². The molecule has 0 fully saturated rings. The fraction of sp³-hybridized carbons (Fsp3) is 0.143. The first kappa shape index (κ1) is 13.5. The van der Waals surface area contributed by atoms with Gasteiger partial charge in [0.1, 0.15) is 11.3 Å². The molecular formula is C14H13ClFN3. The van der Waals surface area contributed by atoms with Gasteiger partial charge in [0, 0.05) is 27.9 Å². The van der Waals surface area contributed by atoms with Gasteiger partial charge in [0.25, 0.3) is 0 Å². The Labute approximate surface area is 115 Å². The maximum absolute atomic E-state index is 13.6. The van der Waals surface area contributed by atoms with Crippen LogP contribution in [0.3, 0.4) is 0 Å². The van der Waals surface area contributed by atoms with Crippen LogP contribution in [0.1, 0.15) is 12.6 Å². The third-order valence-electron chi connectivity index (χ3n) is 2.78. The Morgan fingerprint density at radius 2 is 2.32 bits per heavy atom. The maximum Gasteiger partial charge on any atom is 0.142 e. The molecule has 2 N–H and O–H groups in total. The molecular weight excluding hydrogens is 265 g/mol. The molecule has 1 atom stereocenters. The number of aliphatic imine (C=N–C) groups is 1. The van der Waals surface area contributed by atoms with E-state index in [-0.39, 0.29) is 5.82 Å². The molecule has 1 aromatic carbocycles. The number of hydrogen-bond acceptors (Lipinski definition) is 2. The molecule has 0 aliphatic heterocycles. The quantitative estimate of drug-likeness (QED) is 0.482. The minimum Gasteiger partial charge on any atom is -0.354 e. The molecule has 1 aromatic heterocycles. The van der Waals surface area contributed by atoms with Gasteiger partial charge in [0.15, 0.2) is 0 Å². The van der Waals surface area contributed by atoms with Crippen LogP contribution >= 0.6 is 11.6 Å². The molecule has 98 valence electrons. The van der Waals surface area contributed by atoms with Crippen LogP contribution in [-0.4, -0.2) is 22.9 Å². The van der Waals surface area contributed by atoms with Crippen molar-refractivity contribution in [3.05, 3.63) is 41.9 Å². The van der Waals surface area contributed by atoms with Gasteiger partial charge in [-0.2, -0.15) is 0 Å². The molecule has 5 heteroatoms. The van der Waals surface area contributed by atoms with Gasteiger partial charge in [-0.3, -0.25) is 4.99 Å². The zero-order valence-electron chi connectivity index (χ0n) is 10.4. The molecule has 2 aromatic rings. The van der Waals surface area contributed by atoms with Crippen molar-refractivity contribution in [1.82, 2.24) is 4.98 Å². The van der Waals surface area contributed by atoms with Gasteiger partial charge in [-0.1, -0.05) is 17.7 Å². The van der Waals surface area contributed by atoms with E-state index in [4.69, 9.17) is 17.0 Å². The lowest BCUT2D eigenvalue weighted by molar-refractivity contribution is 0.640. The minimum atomic E-state index is -0.619. The van der Waals surface area contributed by atoms with E-state index in [9.17, 15) is 4.39 Å². The number of nitrogens with zero attached hydrogens (tertiary/aromatic N) is 1. The summed E-state index contributed by atoms with van der Waals surface area (Å²) in [6.45, 7) is 5.00. The number of hydrogen-bond donors (Lipinski definition) is 2. The normalized spacial score (nSPS) is 13.5. The Kier molecular flexibility index (Phi) is 3.81. The molecule has 3 nitrogen and oxygen atoms in total. The van der Waals surface area contributed by atoms with E-state index in [2.05, 4.69) is 16.7 Å². The molecule has 1 unspecified atom stereocenters. The number of aromatic nitrogens is 1. The molecule has 2 rings (SSSR count). The molecule has 0 spiro atoms. The van der Waals surface area contributed by atoms with Crippen molar-refractivity contribution in [2.75, 3.05) is 0 Å². The third-order valence-corrected chi connectivity index (χ3v) is 3.05. The predicted octanol–water partition coefficient (Wildman–Crippen LogP) is 4.00. The Morgan fingerprint density at radius 3 is 2.89 bits per heavy atom. The first-order chi connectivity index (χ1) is 9.02. The number of aromatic amines is 1. The van der Waals surface area contributed by atoms with Crippen LogP contribution in [0.5, 0.6) is 0 Å². The number of H-pyrrole nitrogens is 1. The first-order valence-electron chi connectivity index (χ1n) is 5.68. The lowest BCUT2D eigenvalue weighted by Gasteiger charge is -2.04. The van der Waals surface area contributed by atoms with Crippen molar-refractivity contribution < 1.29 is 4.39 Å². The van der Waals surface area contributed by atoms with Crippen molar-refractivity contribution in [1.29, 1.82) is 5.41 Å². The van der Waals surface area contributed by atoms with Gasteiger partial charge in [-0.05, 0) is 37.9 Å². The van der Waals surface area contributed by atoms with Crippen LogP contribution in [0.4, 0.5) is 4.39 Å². The fourth-order valence-corrected chi connectivity index (χ4v) is 2.00. The van der Waals surface area contributed by atoms with E-state index in [1.54, 1.807) is 31.2 Å². The van der Waals surface area contributed by atoms with Crippen LogP contribution in [0, 0.1) is 11.2 Å². The lowest BCUT2D eigenvalue weighted by atomic mass is 10.1. The van der Waals surface area contributed by atoms with Gasteiger partial charge in [0.05, 0.1) is 0 Å². The average Bonchev–Trinajstić information content (AvgIpc) is 2.80. The van der Waals surface area contributed by atoms with Gasteiger partial charge >= 0.3 is 0 Å². The van der Waals surface area contributed by atoms with Crippen LogP contribution < -0.4 is 0 Å². The first-order valence-corrected chi connectivity index (χ1v) is 6.11. The Hall–Kier alpha value is -1.94. The zero-order chi connectivity index (χ0) is 14.0. The summed E-state index contributed by atoms with van der Waals surface area (Å²) in [5.74, 6) is -0.300. The Morgan fingerprint density at radius 1 is 1.58 bits per heavy atom. The number of alkyl halides is 1. The molecule has 0 aliphatic rings. The Bertz CT molecular complexity index is 672. The van der Waals surface area contributed by atoms with Gasteiger partial charge in [0.2, 0.25) is 0 Å². The molecule has 0 bridgehead atoms. The molecule has 0 saturated carbocycles. The van der Waals surface area contributed by atoms with Gasteiger partial charge in [-0.15, -0.1) is 0 Å². The topological polar surface area (TPSA) is 52.0 Å². The molecule has 19 heavy (non-hydrogen) atoms. The molecule has 0 radical (unpaired) electrons. The smallest absolute Gasteiger partial charge is 0.142 e. The van der Waals surface area contributed by atoms with Crippen LogP contribution in [0.2, 0.25) is 0 Å². The van der Waals surface area contributed by atoms with Crippen molar-refractivity contribution >= 4 is 40.5 Å². The zero-order valence-corrected chi connectivity index (χ0v) is 11.1. The second-order valence-electron chi connectivity index (χ2n) is 4.14. The van der Waals surface area contributed by atoms with Crippen molar-refractivity contribution in [2.24, 2.45) is 4.99 Å². The average molecular weight is 278 g/mol. The third kappa shape index (κ3) is 2.74. The Balaban J connectivity index is 2.57. The standard InChI is InChI=1S/C14H13ClFN3/c1-8(17)9(7-14(15)18-2)13-6-10-11(16)4-3-5-12(10)19-13/h3-7,14,17,19H,2H2,1H3/b9-7+,17-8?. The number of allylic oxidation sites excluding steroid dienone is 1. The van der Waals surface area contributed by atoms with Crippen LogP contribution in [0.15, 0.2) is 35.3 Å². The summed E-state index contributed by atoms with van der Waals surface area (Å²) in [6, 6.07) is 6.48. The van der Waals surface area contributed by atoms with Crippen LogP contribution in [0.25, 0.3) is 16.5 Å². The summed E-state index contributed by atoms with van der Waals surface area (Å²) >= 11 is 5.89. The molecule has 0 saturated heterocycles. The van der Waals surface area contributed by atoms with Gasteiger partial charge in [-0.25, -0.2) is 4.39 Å². The SMILES string of the molecule is C=NC(Cl)/C=C(\C(C)=N)c1cc2c(F)cccc2[nH]1. The monoisotopic (exact) mass is 277 g/mol. The van der Waals surface area contributed by atoms with Crippen molar-refractivity contribution in [3.63, 3.8) is 0 Å². The number of benzene rings is 1. The highest BCUT2D eigenvalue weighted by Gasteiger charge is 2.11. The summed E-state index contributed by atoms with van der Waals surface area (Å²) < 4.78 is 13.6. The van der Waals surface area contributed by atoms with E-state index < -0.39 is 5.50 Å². The number of fused-ring (bicyclic) bond motifs is 1. The highest BCUT2D eigenvalue weighted by molar-refractivity contribution is 6.26. The highest BCUT2D eigenvalue weighted by Crippen LogP contribution is 2.24. The summed E-state index contributed by atoms with van der Waals surface area (Å²) in [4.78, 5) is 6.74. The van der Waals surface area contributed by atoms with E-state index in [0.29, 0.717) is 27.9 Å². The van der Waals surface area contributed by atoms with E-state index in [1.165, 1.54) is 6.07 Å². The number of rotatable bonds is 4. The van der Waals surface area contributed by atoms with E-state index >= 15 is 0 Å². The molecule has 1 heterocycles. The predicted molar refractivity (Wildman–Crippen MR) is 78.8 cm³/mol. The number of halogens is 2. The summed E-state index contributed by atoms with van der Waals surface area (Å²) in [5, 5.41) is 8.27. The molecule has 0 aliphatic carbocycles. The summed E-state index contributed by atoms with van der Waals surface area (Å²) in [6.07, 6.45) is 1.61.